The van der Waals surface area contributed by atoms with Crippen LogP contribution in [0.1, 0.15) is 47.2 Å². The second-order valence-corrected chi connectivity index (χ2v) is 9.97. The number of allylic oxidation sites excluding steroid dienone is 2. The van der Waals surface area contributed by atoms with Gasteiger partial charge in [0.2, 0.25) is 0 Å². The lowest BCUT2D eigenvalue weighted by molar-refractivity contribution is 0.458. The molecule has 0 fully saturated rings. The van der Waals surface area contributed by atoms with Crippen LogP contribution >= 0.6 is 11.8 Å². The zero-order valence-corrected chi connectivity index (χ0v) is 21.4. The van der Waals surface area contributed by atoms with E-state index in [9.17, 15) is 10.2 Å². The van der Waals surface area contributed by atoms with Crippen molar-refractivity contribution in [3.63, 3.8) is 0 Å². The van der Waals surface area contributed by atoms with E-state index >= 15 is 0 Å². The van der Waals surface area contributed by atoms with Crippen LogP contribution in [0.5, 0.6) is 11.5 Å². The molecule has 0 saturated carbocycles. The summed E-state index contributed by atoms with van der Waals surface area (Å²) in [5.41, 5.74) is 8.00. The fourth-order valence-electron chi connectivity index (χ4n) is 4.07. The first kappa shape index (κ1) is 24.4. The predicted octanol–water partition coefficient (Wildman–Crippen LogP) is 8.99. The van der Waals surface area contributed by atoms with Gasteiger partial charge >= 0.3 is 0 Å². The minimum Gasteiger partial charge on any atom is -0.506 e. The Labute approximate surface area is 212 Å². The van der Waals surface area contributed by atoms with Crippen molar-refractivity contribution in [3.05, 3.63) is 118 Å². The highest BCUT2D eigenvalue weighted by atomic mass is 32.2. The van der Waals surface area contributed by atoms with E-state index in [-0.39, 0.29) is 11.5 Å². The largest absolute Gasteiger partial charge is 0.506 e. The fraction of sp³-hybridized carbons (Fsp3) is 0.125. The number of phenols is 2. The molecule has 2 nitrogen and oxygen atoms in total. The molecule has 0 unspecified atom stereocenters. The van der Waals surface area contributed by atoms with Crippen LogP contribution in [0.15, 0.2) is 94.7 Å². The first-order chi connectivity index (χ1) is 16.8. The lowest BCUT2D eigenvalue weighted by Gasteiger charge is -2.13. The number of rotatable bonds is 6. The van der Waals surface area contributed by atoms with E-state index in [0.29, 0.717) is 9.79 Å². The first-order valence-corrected chi connectivity index (χ1v) is 12.5. The molecule has 4 rings (SSSR count). The molecule has 0 spiro atoms. The van der Waals surface area contributed by atoms with Crippen LogP contribution in [0.4, 0.5) is 0 Å². The van der Waals surface area contributed by atoms with Crippen LogP contribution in [-0.4, -0.2) is 10.2 Å². The van der Waals surface area contributed by atoms with Gasteiger partial charge in [0.05, 0.1) is 9.79 Å². The number of aryl methyl sites for hydroxylation is 2. The summed E-state index contributed by atoms with van der Waals surface area (Å²) in [5.74, 6) is 0.434. The summed E-state index contributed by atoms with van der Waals surface area (Å²) in [6.07, 6.45) is 4.02. The topological polar surface area (TPSA) is 40.5 Å². The maximum atomic E-state index is 11.1. The SMILES string of the molecule is CC(=Cc1cc(C)cc(Sc2cc(C)cc(C=C(C)c3ccccc3)c2O)c1O)c1ccccc1. The van der Waals surface area contributed by atoms with Crippen LogP contribution in [0, 0.1) is 13.8 Å². The van der Waals surface area contributed by atoms with E-state index in [1.807, 2.05) is 101 Å². The van der Waals surface area contributed by atoms with Crippen molar-refractivity contribution in [3.8, 4) is 11.5 Å². The minimum atomic E-state index is 0.217. The molecule has 2 N–H and O–H groups in total. The van der Waals surface area contributed by atoms with Gasteiger partial charge in [0.15, 0.2) is 0 Å². The Morgan fingerprint density at radius 1 is 0.600 bits per heavy atom. The van der Waals surface area contributed by atoms with Crippen LogP contribution in [0.2, 0.25) is 0 Å². The minimum absolute atomic E-state index is 0.217. The molecule has 0 saturated heterocycles. The molecule has 0 radical (unpaired) electrons. The van der Waals surface area contributed by atoms with Gasteiger partial charge in [-0.05, 0) is 97.5 Å². The standard InChI is InChI=1S/C32H30O2S/c1-21-15-27(19-23(3)25-11-7-5-8-12-25)31(33)29(17-21)35-30-18-22(2)16-28(32(30)34)20-24(4)26-13-9-6-10-14-26/h5-20,33-34H,1-4H3. The summed E-state index contributed by atoms with van der Waals surface area (Å²) < 4.78 is 0. The van der Waals surface area contributed by atoms with Crippen molar-refractivity contribution in [2.24, 2.45) is 0 Å². The zero-order chi connectivity index (χ0) is 24.9. The maximum Gasteiger partial charge on any atom is 0.136 e. The Balaban J connectivity index is 1.71. The fourth-order valence-corrected chi connectivity index (χ4v) is 5.23. The highest BCUT2D eigenvalue weighted by molar-refractivity contribution is 7.99. The van der Waals surface area contributed by atoms with Gasteiger partial charge in [-0.15, -0.1) is 0 Å². The average molecular weight is 479 g/mol. The summed E-state index contributed by atoms with van der Waals surface area (Å²) in [4.78, 5) is 1.43. The van der Waals surface area contributed by atoms with Crippen LogP contribution < -0.4 is 0 Å². The summed E-state index contributed by atoms with van der Waals surface area (Å²) >= 11 is 1.38. The van der Waals surface area contributed by atoms with Gasteiger partial charge in [-0.25, -0.2) is 0 Å². The number of hydrogen-bond acceptors (Lipinski definition) is 3. The van der Waals surface area contributed by atoms with Gasteiger partial charge in [-0.1, -0.05) is 72.4 Å². The third-order valence-electron chi connectivity index (χ3n) is 5.92. The Bertz CT molecular complexity index is 1290. The highest BCUT2D eigenvalue weighted by Crippen LogP contribution is 2.44. The Kier molecular flexibility index (Phi) is 7.48. The molecule has 4 aromatic rings. The van der Waals surface area contributed by atoms with Gasteiger partial charge < -0.3 is 10.2 Å². The molecule has 0 atom stereocenters. The van der Waals surface area contributed by atoms with Crippen molar-refractivity contribution in [2.45, 2.75) is 37.5 Å². The van der Waals surface area contributed by atoms with Crippen molar-refractivity contribution >= 4 is 35.1 Å². The van der Waals surface area contributed by atoms with E-state index in [2.05, 4.69) is 24.3 Å². The molecular weight excluding hydrogens is 448 g/mol. The van der Waals surface area contributed by atoms with Crippen molar-refractivity contribution in [1.29, 1.82) is 0 Å². The summed E-state index contributed by atoms with van der Waals surface area (Å²) in [6, 6.07) is 28.2. The summed E-state index contributed by atoms with van der Waals surface area (Å²) in [7, 11) is 0. The van der Waals surface area contributed by atoms with Crippen molar-refractivity contribution < 1.29 is 10.2 Å². The second-order valence-electron chi connectivity index (χ2n) is 8.89. The molecule has 0 aliphatic rings. The van der Waals surface area contributed by atoms with Crippen LogP contribution in [0.3, 0.4) is 0 Å². The van der Waals surface area contributed by atoms with E-state index in [0.717, 1.165) is 44.5 Å². The van der Waals surface area contributed by atoms with Crippen molar-refractivity contribution in [2.75, 3.05) is 0 Å². The lowest BCUT2D eigenvalue weighted by Crippen LogP contribution is -1.88. The Hall–Kier alpha value is -3.69. The number of benzene rings is 4. The van der Waals surface area contributed by atoms with Crippen molar-refractivity contribution in [1.82, 2.24) is 0 Å². The van der Waals surface area contributed by atoms with Gasteiger partial charge in [-0.2, -0.15) is 0 Å². The summed E-state index contributed by atoms with van der Waals surface area (Å²) in [6.45, 7) is 8.13. The maximum absolute atomic E-state index is 11.1. The molecular formula is C32H30O2S. The van der Waals surface area contributed by atoms with Gasteiger partial charge in [-0.3, -0.25) is 0 Å². The third-order valence-corrected chi connectivity index (χ3v) is 6.98. The molecule has 176 valence electrons. The Morgan fingerprint density at radius 3 is 1.34 bits per heavy atom. The van der Waals surface area contributed by atoms with E-state index < -0.39 is 0 Å². The highest BCUT2D eigenvalue weighted by Gasteiger charge is 2.14. The molecule has 0 heterocycles. The lowest BCUT2D eigenvalue weighted by atomic mass is 10.0. The van der Waals surface area contributed by atoms with Gasteiger partial charge in [0, 0.05) is 11.1 Å². The smallest absolute Gasteiger partial charge is 0.136 e. The molecule has 3 heteroatoms. The van der Waals surface area contributed by atoms with Gasteiger partial charge in [0.1, 0.15) is 11.5 Å². The molecule has 4 aromatic carbocycles. The van der Waals surface area contributed by atoms with E-state index in [1.54, 1.807) is 0 Å². The predicted molar refractivity (Wildman–Crippen MR) is 150 cm³/mol. The normalized spacial score (nSPS) is 12.1. The molecule has 0 bridgehead atoms. The average Bonchev–Trinajstić information content (AvgIpc) is 2.85. The zero-order valence-electron chi connectivity index (χ0n) is 20.5. The second kappa shape index (κ2) is 10.7. The third kappa shape index (κ3) is 5.87. The van der Waals surface area contributed by atoms with E-state index in [4.69, 9.17) is 0 Å². The first-order valence-electron chi connectivity index (χ1n) is 11.6. The monoisotopic (exact) mass is 478 g/mol. The Morgan fingerprint density at radius 2 is 0.971 bits per heavy atom. The quantitative estimate of drug-likeness (QED) is 0.272. The van der Waals surface area contributed by atoms with Crippen LogP contribution in [-0.2, 0) is 0 Å². The van der Waals surface area contributed by atoms with Crippen LogP contribution in [0.25, 0.3) is 23.3 Å². The number of aromatic hydroxyl groups is 2. The molecule has 0 aliphatic carbocycles. The van der Waals surface area contributed by atoms with Gasteiger partial charge in [0.25, 0.3) is 0 Å². The number of phenolic OH excluding ortho intramolecular Hbond substituents is 2. The molecule has 35 heavy (non-hydrogen) atoms. The van der Waals surface area contributed by atoms with E-state index in [1.165, 1.54) is 11.8 Å². The number of hydrogen-bond donors (Lipinski definition) is 2. The summed E-state index contributed by atoms with van der Waals surface area (Å²) in [5, 5.41) is 22.3. The molecule has 0 amide bonds. The molecule has 0 aromatic heterocycles. The molecule has 0 aliphatic heterocycles.